The number of benzene rings is 3. The molecule has 5 rings (SSSR count). The highest BCUT2D eigenvalue weighted by molar-refractivity contribution is 6.53. The summed E-state index contributed by atoms with van der Waals surface area (Å²) in [6.45, 7) is 4.25. The van der Waals surface area contributed by atoms with Crippen LogP contribution in [-0.4, -0.2) is 4.33 Å². The van der Waals surface area contributed by atoms with Gasteiger partial charge in [-0.05, 0) is 24.1 Å². The summed E-state index contributed by atoms with van der Waals surface area (Å²) in [5.74, 6) is 0.894. The Morgan fingerprint density at radius 3 is 2.15 bits per heavy atom. The van der Waals surface area contributed by atoms with E-state index in [1.165, 1.54) is 11.1 Å². The van der Waals surface area contributed by atoms with E-state index in [1.54, 1.807) is 0 Å². The molecule has 1 saturated carbocycles. The predicted octanol–water partition coefficient (Wildman–Crippen LogP) is 6.61. The van der Waals surface area contributed by atoms with Crippen LogP contribution >= 0.6 is 23.2 Å². The molecule has 0 bridgehead atoms. The molecule has 3 atom stereocenters. The molecule has 1 aliphatic carbocycles. The SMILES string of the molecule is Cc1ccc([C@H]2c3ccccc3O[C@@]3(c4ccccc4)C(Cl)(Cl)[C@@]23C)cc1. The zero-order valence-corrected chi connectivity index (χ0v) is 16.8. The predicted molar refractivity (Wildman–Crippen MR) is 111 cm³/mol. The van der Waals surface area contributed by atoms with Gasteiger partial charge in [0.25, 0.3) is 0 Å². The van der Waals surface area contributed by atoms with E-state index in [9.17, 15) is 0 Å². The van der Waals surface area contributed by atoms with Gasteiger partial charge in [0.1, 0.15) is 5.75 Å². The van der Waals surface area contributed by atoms with Crippen molar-refractivity contribution in [2.75, 3.05) is 0 Å². The van der Waals surface area contributed by atoms with Gasteiger partial charge in [0, 0.05) is 11.5 Å². The molecule has 3 heteroatoms. The number of hydrogen-bond donors (Lipinski definition) is 0. The first-order valence-corrected chi connectivity index (χ1v) is 9.97. The highest BCUT2D eigenvalue weighted by atomic mass is 35.5. The average molecular weight is 395 g/mol. The van der Waals surface area contributed by atoms with Crippen molar-refractivity contribution < 1.29 is 4.74 Å². The second kappa shape index (κ2) is 5.53. The number of hydrogen-bond acceptors (Lipinski definition) is 1. The quantitative estimate of drug-likeness (QED) is 0.444. The molecule has 136 valence electrons. The number of aryl methyl sites for hydroxylation is 1. The fourth-order valence-corrected chi connectivity index (χ4v) is 6.02. The maximum absolute atomic E-state index is 7.05. The third kappa shape index (κ3) is 1.97. The molecule has 3 aromatic rings. The summed E-state index contributed by atoms with van der Waals surface area (Å²) >= 11 is 14.1. The minimum absolute atomic E-state index is 0.0401. The van der Waals surface area contributed by atoms with Crippen LogP contribution in [0.1, 0.15) is 35.1 Å². The lowest BCUT2D eigenvalue weighted by Gasteiger charge is -2.36. The van der Waals surface area contributed by atoms with Gasteiger partial charge < -0.3 is 4.74 Å². The minimum Gasteiger partial charge on any atom is -0.478 e. The zero-order chi connectivity index (χ0) is 18.9. The van der Waals surface area contributed by atoms with Crippen molar-refractivity contribution in [3.05, 3.63) is 101 Å². The molecule has 0 amide bonds. The van der Waals surface area contributed by atoms with Gasteiger partial charge >= 0.3 is 0 Å². The van der Waals surface area contributed by atoms with E-state index in [0.29, 0.717) is 0 Å². The van der Waals surface area contributed by atoms with Crippen molar-refractivity contribution in [2.45, 2.75) is 29.7 Å². The molecule has 1 heterocycles. The van der Waals surface area contributed by atoms with E-state index in [4.69, 9.17) is 27.9 Å². The Hall–Kier alpha value is -1.96. The Kier molecular flexibility index (Phi) is 3.51. The molecule has 1 fully saturated rings. The molecule has 1 aliphatic heterocycles. The molecule has 1 nitrogen and oxygen atoms in total. The number of fused-ring (bicyclic) bond motifs is 2. The topological polar surface area (TPSA) is 9.23 Å². The van der Waals surface area contributed by atoms with Gasteiger partial charge in [-0.1, -0.05) is 108 Å². The summed E-state index contributed by atoms with van der Waals surface area (Å²) in [4.78, 5) is 0. The first-order valence-electron chi connectivity index (χ1n) is 9.21. The molecule has 0 unspecified atom stereocenters. The molecule has 0 aromatic heterocycles. The zero-order valence-electron chi connectivity index (χ0n) is 15.2. The van der Waals surface area contributed by atoms with Crippen LogP contribution in [0.4, 0.5) is 0 Å². The molecule has 0 spiro atoms. The Labute approximate surface area is 169 Å². The van der Waals surface area contributed by atoms with Crippen LogP contribution in [0.15, 0.2) is 78.9 Å². The van der Waals surface area contributed by atoms with Gasteiger partial charge in [-0.3, -0.25) is 0 Å². The smallest absolute Gasteiger partial charge is 0.177 e. The Morgan fingerprint density at radius 2 is 1.44 bits per heavy atom. The highest BCUT2D eigenvalue weighted by Gasteiger charge is 2.91. The molecular formula is C24H20Cl2O. The third-order valence-corrected chi connectivity index (χ3v) is 7.74. The van der Waals surface area contributed by atoms with E-state index in [-0.39, 0.29) is 5.92 Å². The molecule has 0 radical (unpaired) electrons. The van der Waals surface area contributed by atoms with Gasteiger partial charge in [0.05, 0.1) is 5.41 Å². The normalized spacial score (nSPS) is 30.0. The van der Waals surface area contributed by atoms with Crippen molar-refractivity contribution in [3.63, 3.8) is 0 Å². The summed E-state index contributed by atoms with van der Waals surface area (Å²) in [6.07, 6.45) is 0. The molecule has 0 N–H and O–H groups in total. The Morgan fingerprint density at radius 1 is 0.815 bits per heavy atom. The number of halogens is 2. The van der Waals surface area contributed by atoms with Crippen molar-refractivity contribution >= 4 is 23.2 Å². The first-order chi connectivity index (χ1) is 12.9. The Balaban J connectivity index is 1.79. The number of alkyl halides is 2. The van der Waals surface area contributed by atoms with Crippen LogP contribution in [0, 0.1) is 12.3 Å². The van der Waals surface area contributed by atoms with E-state index >= 15 is 0 Å². The van der Waals surface area contributed by atoms with Crippen LogP contribution in [0.2, 0.25) is 0 Å². The van der Waals surface area contributed by atoms with Crippen LogP contribution in [0.5, 0.6) is 5.75 Å². The summed E-state index contributed by atoms with van der Waals surface area (Å²) in [5.41, 5.74) is 3.32. The Bertz CT molecular complexity index is 1010. The molecule has 27 heavy (non-hydrogen) atoms. The fraction of sp³-hybridized carbons (Fsp3) is 0.250. The van der Waals surface area contributed by atoms with E-state index in [1.807, 2.05) is 30.3 Å². The van der Waals surface area contributed by atoms with Gasteiger partial charge in [-0.25, -0.2) is 0 Å². The second-order valence-electron chi connectivity index (χ2n) is 7.81. The third-order valence-electron chi connectivity index (χ3n) is 6.42. The number of rotatable bonds is 2. The van der Waals surface area contributed by atoms with Crippen molar-refractivity contribution in [2.24, 2.45) is 5.41 Å². The highest BCUT2D eigenvalue weighted by Crippen LogP contribution is 2.85. The average Bonchev–Trinajstić information content (AvgIpc) is 3.09. The van der Waals surface area contributed by atoms with Crippen LogP contribution in [-0.2, 0) is 5.60 Å². The van der Waals surface area contributed by atoms with Gasteiger partial charge in [-0.2, -0.15) is 0 Å². The van der Waals surface area contributed by atoms with Crippen molar-refractivity contribution in [1.29, 1.82) is 0 Å². The van der Waals surface area contributed by atoms with E-state index in [0.717, 1.165) is 16.9 Å². The molecule has 3 aromatic carbocycles. The number of para-hydroxylation sites is 1. The van der Waals surface area contributed by atoms with Crippen LogP contribution in [0.3, 0.4) is 0 Å². The van der Waals surface area contributed by atoms with Gasteiger partial charge in [-0.15, -0.1) is 0 Å². The fourth-order valence-electron chi connectivity index (χ4n) is 4.94. The van der Waals surface area contributed by atoms with Crippen molar-refractivity contribution in [1.82, 2.24) is 0 Å². The van der Waals surface area contributed by atoms with E-state index < -0.39 is 15.3 Å². The van der Waals surface area contributed by atoms with Gasteiger partial charge in [0.15, 0.2) is 9.93 Å². The standard InChI is InChI=1S/C24H20Cl2O/c1-16-12-14-17(15-13-16)21-19-10-6-7-11-20(19)27-23(18-8-4-3-5-9-18)22(21,2)24(23,25)26/h3-15,21H,1-2H3/t21-,22-,23+/m0/s1. The maximum Gasteiger partial charge on any atom is 0.177 e. The summed E-state index contributed by atoms with van der Waals surface area (Å²) in [5, 5.41) is 0. The van der Waals surface area contributed by atoms with Crippen LogP contribution in [0.25, 0.3) is 0 Å². The maximum atomic E-state index is 7.05. The lowest BCUT2D eigenvalue weighted by atomic mass is 9.74. The summed E-state index contributed by atoms with van der Waals surface area (Å²) in [6, 6.07) is 27.0. The van der Waals surface area contributed by atoms with Crippen molar-refractivity contribution in [3.8, 4) is 5.75 Å². The lowest BCUT2D eigenvalue weighted by molar-refractivity contribution is 0.102. The second-order valence-corrected chi connectivity index (χ2v) is 9.13. The lowest BCUT2D eigenvalue weighted by Crippen LogP contribution is -2.33. The summed E-state index contributed by atoms with van der Waals surface area (Å²) in [7, 11) is 0. The molecule has 2 aliphatic rings. The van der Waals surface area contributed by atoms with E-state index in [2.05, 4.69) is 62.4 Å². The first kappa shape index (κ1) is 17.2. The summed E-state index contributed by atoms with van der Waals surface area (Å²) < 4.78 is 5.56. The monoisotopic (exact) mass is 394 g/mol. The van der Waals surface area contributed by atoms with Gasteiger partial charge in [0.2, 0.25) is 0 Å². The molecular weight excluding hydrogens is 375 g/mol. The molecule has 0 saturated heterocycles. The van der Waals surface area contributed by atoms with Crippen LogP contribution < -0.4 is 4.74 Å². The minimum atomic E-state index is -1.05. The largest absolute Gasteiger partial charge is 0.478 e. The number of ether oxygens (including phenoxy) is 1.